The number of rotatable bonds is 2. The average Bonchev–Trinajstić information content (AvgIpc) is 2.42. The number of carbonyl (C=O) groups is 1. The molecule has 0 spiro atoms. The molecule has 14 heavy (non-hydrogen) atoms. The van der Waals surface area contributed by atoms with E-state index in [1.54, 1.807) is 19.0 Å². The van der Waals surface area contributed by atoms with Crippen LogP contribution in [0.25, 0.3) is 0 Å². The van der Waals surface area contributed by atoms with E-state index in [1.807, 2.05) is 6.07 Å². The van der Waals surface area contributed by atoms with E-state index in [0.29, 0.717) is 9.88 Å². The van der Waals surface area contributed by atoms with Crippen LogP contribution < -0.4 is 16.4 Å². The summed E-state index contributed by atoms with van der Waals surface area (Å²) in [6.45, 7) is 0. The molecule has 0 unspecified atom stereocenters. The van der Waals surface area contributed by atoms with Gasteiger partial charge in [-0.15, -0.1) is 11.3 Å². The van der Waals surface area contributed by atoms with Crippen LogP contribution in [0.15, 0.2) is 0 Å². The van der Waals surface area contributed by atoms with Crippen molar-refractivity contribution < 1.29 is 4.79 Å². The molecule has 1 rings (SSSR count). The van der Waals surface area contributed by atoms with E-state index in [1.165, 1.54) is 0 Å². The summed E-state index contributed by atoms with van der Waals surface area (Å²) in [7, 11) is 3.53. The van der Waals surface area contributed by atoms with Crippen LogP contribution in [0.2, 0.25) is 0 Å². The fourth-order valence-corrected chi connectivity index (χ4v) is 2.01. The van der Waals surface area contributed by atoms with Crippen molar-refractivity contribution in [2.24, 2.45) is 5.73 Å². The molecular weight excluding hydrogens is 200 g/mol. The minimum Gasteiger partial charge on any atom is -0.396 e. The van der Waals surface area contributed by atoms with Crippen molar-refractivity contribution in [2.75, 3.05) is 24.7 Å². The molecular formula is C8H10N4OS. The molecule has 1 heterocycles. The topological polar surface area (TPSA) is 96.1 Å². The van der Waals surface area contributed by atoms with Crippen LogP contribution in [0, 0.1) is 11.3 Å². The summed E-state index contributed by atoms with van der Waals surface area (Å²) in [4.78, 5) is 13.1. The molecule has 0 aliphatic heterocycles. The van der Waals surface area contributed by atoms with Gasteiger partial charge in [-0.1, -0.05) is 0 Å². The molecule has 0 aromatic carbocycles. The van der Waals surface area contributed by atoms with Crippen LogP contribution in [0.4, 0.5) is 10.7 Å². The van der Waals surface area contributed by atoms with E-state index in [9.17, 15) is 4.79 Å². The number of carbonyl (C=O) groups excluding carboxylic acids is 1. The van der Waals surface area contributed by atoms with Gasteiger partial charge in [0.25, 0.3) is 5.91 Å². The second kappa shape index (κ2) is 3.55. The number of nitriles is 1. The summed E-state index contributed by atoms with van der Waals surface area (Å²) in [6, 6.07) is 1.92. The third kappa shape index (κ3) is 1.49. The van der Waals surface area contributed by atoms with Crippen molar-refractivity contribution in [3.63, 3.8) is 0 Å². The minimum absolute atomic E-state index is 0.175. The molecule has 1 aromatic rings. The number of primary amides is 1. The van der Waals surface area contributed by atoms with Crippen LogP contribution in [0.1, 0.15) is 15.2 Å². The number of nitrogens with two attached hydrogens (primary N) is 2. The van der Waals surface area contributed by atoms with Crippen LogP contribution in [0.3, 0.4) is 0 Å². The van der Waals surface area contributed by atoms with Gasteiger partial charge >= 0.3 is 0 Å². The normalized spacial score (nSPS) is 9.50. The van der Waals surface area contributed by atoms with Crippen molar-refractivity contribution >= 4 is 27.9 Å². The molecule has 6 heteroatoms. The van der Waals surface area contributed by atoms with Gasteiger partial charge in [-0.05, 0) is 0 Å². The van der Waals surface area contributed by atoms with Gasteiger partial charge in [-0.2, -0.15) is 5.26 Å². The molecule has 1 amide bonds. The first-order valence-electron chi connectivity index (χ1n) is 3.78. The Kier molecular flexibility index (Phi) is 2.63. The highest BCUT2D eigenvalue weighted by Gasteiger charge is 2.20. The van der Waals surface area contributed by atoms with Crippen molar-refractivity contribution in [1.82, 2.24) is 0 Å². The first kappa shape index (κ1) is 10.3. The van der Waals surface area contributed by atoms with Gasteiger partial charge < -0.3 is 16.4 Å². The van der Waals surface area contributed by atoms with E-state index in [-0.39, 0.29) is 11.3 Å². The quantitative estimate of drug-likeness (QED) is 0.736. The van der Waals surface area contributed by atoms with Crippen molar-refractivity contribution in [1.29, 1.82) is 5.26 Å². The number of amides is 1. The molecule has 0 aliphatic rings. The number of nitrogens with zero attached hydrogens (tertiary/aromatic N) is 2. The maximum atomic E-state index is 11.1. The summed E-state index contributed by atoms with van der Waals surface area (Å²) in [6.07, 6.45) is 0. The van der Waals surface area contributed by atoms with Crippen molar-refractivity contribution in [2.45, 2.75) is 0 Å². The van der Waals surface area contributed by atoms with Crippen molar-refractivity contribution in [3.8, 4) is 6.07 Å². The van der Waals surface area contributed by atoms with Gasteiger partial charge in [0.1, 0.15) is 15.9 Å². The van der Waals surface area contributed by atoms with E-state index in [4.69, 9.17) is 16.7 Å². The van der Waals surface area contributed by atoms with Crippen LogP contribution in [-0.2, 0) is 0 Å². The van der Waals surface area contributed by atoms with Crippen LogP contribution in [-0.4, -0.2) is 20.0 Å². The zero-order valence-corrected chi connectivity index (χ0v) is 8.68. The van der Waals surface area contributed by atoms with Crippen molar-refractivity contribution in [3.05, 3.63) is 10.4 Å². The lowest BCUT2D eigenvalue weighted by molar-refractivity contribution is 0.100. The molecule has 4 N–H and O–H groups in total. The standard InChI is InChI=1S/C8H10N4OS/c1-12(2)8-5(7(11)13)6(10)4(3-9)14-8/h10H2,1-2H3,(H2,11,13). The number of nitrogen functional groups attached to an aromatic ring is 1. The Morgan fingerprint density at radius 3 is 2.43 bits per heavy atom. The molecule has 0 bridgehead atoms. The largest absolute Gasteiger partial charge is 0.396 e. The second-order valence-electron chi connectivity index (χ2n) is 2.90. The monoisotopic (exact) mass is 210 g/mol. The van der Waals surface area contributed by atoms with Gasteiger partial charge in [0.05, 0.1) is 11.3 Å². The average molecular weight is 210 g/mol. The van der Waals surface area contributed by atoms with Gasteiger partial charge in [0.15, 0.2) is 0 Å². The van der Waals surface area contributed by atoms with Gasteiger partial charge in [0.2, 0.25) is 0 Å². The predicted molar refractivity (Wildman–Crippen MR) is 56.3 cm³/mol. The van der Waals surface area contributed by atoms with Gasteiger partial charge in [-0.25, -0.2) is 0 Å². The Morgan fingerprint density at radius 2 is 2.14 bits per heavy atom. The van der Waals surface area contributed by atoms with E-state index >= 15 is 0 Å². The molecule has 0 fully saturated rings. The maximum absolute atomic E-state index is 11.1. The Hall–Kier alpha value is -1.74. The highest BCUT2D eigenvalue weighted by atomic mass is 32.1. The minimum atomic E-state index is -0.607. The number of hydrogen-bond acceptors (Lipinski definition) is 5. The summed E-state index contributed by atoms with van der Waals surface area (Å²) in [5.74, 6) is -0.607. The molecule has 0 saturated heterocycles. The lowest BCUT2D eigenvalue weighted by Gasteiger charge is -2.10. The summed E-state index contributed by atoms with van der Waals surface area (Å²) in [5, 5.41) is 9.35. The smallest absolute Gasteiger partial charge is 0.253 e. The Bertz CT molecular complexity index is 416. The molecule has 74 valence electrons. The van der Waals surface area contributed by atoms with E-state index in [2.05, 4.69) is 0 Å². The molecule has 1 aromatic heterocycles. The zero-order valence-electron chi connectivity index (χ0n) is 7.87. The summed E-state index contributed by atoms with van der Waals surface area (Å²) < 4.78 is 0. The van der Waals surface area contributed by atoms with Gasteiger partial charge in [0, 0.05) is 14.1 Å². The highest BCUT2D eigenvalue weighted by molar-refractivity contribution is 7.17. The third-order valence-electron chi connectivity index (χ3n) is 1.68. The molecule has 5 nitrogen and oxygen atoms in total. The second-order valence-corrected chi connectivity index (χ2v) is 3.89. The number of thiophene rings is 1. The molecule has 0 atom stereocenters. The Balaban J connectivity index is 3.44. The number of anilines is 2. The van der Waals surface area contributed by atoms with Gasteiger partial charge in [-0.3, -0.25) is 4.79 Å². The lowest BCUT2D eigenvalue weighted by atomic mass is 10.2. The predicted octanol–water partition coefficient (Wildman–Crippen LogP) is 0.367. The van der Waals surface area contributed by atoms with E-state index < -0.39 is 5.91 Å². The maximum Gasteiger partial charge on any atom is 0.253 e. The van der Waals surface area contributed by atoms with Crippen LogP contribution in [0.5, 0.6) is 0 Å². The fraction of sp³-hybridized carbons (Fsp3) is 0.250. The summed E-state index contributed by atoms with van der Waals surface area (Å²) in [5.41, 5.74) is 11.2. The number of hydrogen-bond donors (Lipinski definition) is 2. The summed E-state index contributed by atoms with van der Waals surface area (Å²) >= 11 is 1.16. The Labute approximate surface area is 85.5 Å². The molecule has 0 radical (unpaired) electrons. The fourth-order valence-electron chi connectivity index (χ4n) is 1.07. The first-order chi connectivity index (χ1) is 6.49. The first-order valence-corrected chi connectivity index (χ1v) is 4.60. The Morgan fingerprint density at radius 1 is 1.57 bits per heavy atom. The van der Waals surface area contributed by atoms with E-state index in [0.717, 1.165) is 11.3 Å². The SMILES string of the molecule is CN(C)c1sc(C#N)c(N)c1C(N)=O. The molecule has 0 saturated carbocycles. The zero-order chi connectivity index (χ0) is 10.9. The lowest BCUT2D eigenvalue weighted by Crippen LogP contribution is -2.17. The van der Waals surface area contributed by atoms with Crippen LogP contribution >= 0.6 is 11.3 Å². The molecule has 0 aliphatic carbocycles. The third-order valence-corrected chi connectivity index (χ3v) is 2.96. The highest BCUT2D eigenvalue weighted by Crippen LogP contribution is 2.36.